The molecule has 6 heteroatoms. The molecule has 0 fully saturated rings. The van der Waals surface area contributed by atoms with Crippen molar-refractivity contribution in [2.45, 2.75) is 245 Å². The number of hydrogen-bond acceptors (Lipinski definition) is 6. The zero-order chi connectivity index (χ0) is 45.8. The lowest BCUT2D eigenvalue weighted by Gasteiger charge is -2.18. The largest absolute Gasteiger partial charge is 0.462 e. The highest BCUT2D eigenvalue weighted by Crippen LogP contribution is 2.13. The average molecular weight is 877 g/mol. The van der Waals surface area contributed by atoms with Crippen molar-refractivity contribution in [1.29, 1.82) is 0 Å². The van der Waals surface area contributed by atoms with Crippen LogP contribution in [0.3, 0.4) is 0 Å². The first kappa shape index (κ1) is 59.6. The molecule has 360 valence electrons. The van der Waals surface area contributed by atoms with Crippen LogP contribution in [0.5, 0.6) is 0 Å². The number of esters is 3. The number of allylic oxidation sites excluding steroid dienone is 14. The Kier molecular flexibility index (Phi) is 48.5. The van der Waals surface area contributed by atoms with Gasteiger partial charge in [0, 0.05) is 19.3 Å². The Morgan fingerprint density at radius 1 is 0.333 bits per heavy atom. The van der Waals surface area contributed by atoms with Gasteiger partial charge in [-0.1, -0.05) is 215 Å². The molecule has 0 heterocycles. The van der Waals surface area contributed by atoms with Crippen LogP contribution in [0.15, 0.2) is 85.1 Å². The molecule has 0 rings (SSSR count). The van der Waals surface area contributed by atoms with Gasteiger partial charge in [-0.2, -0.15) is 0 Å². The third-order valence-corrected chi connectivity index (χ3v) is 10.9. The van der Waals surface area contributed by atoms with Gasteiger partial charge in [0.15, 0.2) is 6.10 Å². The number of rotatable bonds is 46. The van der Waals surface area contributed by atoms with E-state index < -0.39 is 6.10 Å². The summed E-state index contributed by atoms with van der Waals surface area (Å²) in [6.07, 6.45) is 65.7. The van der Waals surface area contributed by atoms with Crippen molar-refractivity contribution in [3.05, 3.63) is 85.1 Å². The number of ether oxygens (including phenoxy) is 3. The molecule has 1 atom stereocenters. The molecule has 0 aromatic carbocycles. The molecule has 0 spiro atoms. The summed E-state index contributed by atoms with van der Waals surface area (Å²) < 4.78 is 16.7. The van der Waals surface area contributed by atoms with E-state index >= 15 is 0 Å². The van der Waals surface area contributed by atoms with Crippen LogP contribution in [0.25, 0.3) is 0 Å². The van der Waals surface area contributed by atoms with Crippen LogP contribution in [0, 0.1) is 0 Å². The molecule has 0 amide bonds. The molecule has 0 saturated carbocycles. The second kappa shape index (κ2) is 51.2. The first-order valence-electron chi connectivity index (χ1n) is 26.1. The van der Waals surface area contributed by atoms with Crippen LogP contribution in [0.1, 0.15) is 239 Å². The standard InChI is InChI=1S/C57H96O6/c1-4-7-10-13-16-19-22-25-27-28-29-30-33-35-38-41-44-47-50-56(59)62-53-54(52-61-55(58)49-46-43-40-37-34-31-24-21-18-15-12-9-6-3)63-57(60)51-48-45-42-39-36-32-26-23-20-17-14-11-8-5-2/h16,19,22,25,27-32,34,36,40,43,54H,4-15,17-18,20-21,23-24,26,33,35,37-39,41-42,44-53H2,1-3H3/b19-16-,25-22-,28-27-,30-29-,34-31-,36-32-,43-40-. The van der Waals surface area contributed by atoms with Gasteiger partial charge in [0.1, 0.15) is 13.2 Å². The third-order valence-electron chi connectivity index (χ3n) is 10.9. The minimum Gasteiger partial charge on any atom is -0.462 e. The van der Waals surface area contributed by atoms with Crippen molar-refractivity contribution in [3.63, 3.8) is 0 Å². The van der Waals surface area contributed by atoms with Gasteiger partial charge in [-0.3, -0.25) is 14.4 Å². The summed E-state index contributed by atoms with van der Waals surface area (Å²) in [6.45, 7) is 6.50. The van der Waals surface area contributed by atoms with E-state index in [1.165, 1.54) is 103 Å². The van der Waals surface area contributed by atoms with Crippen LogP contribution in [0.4, 0.5) is 0 Å². The van der Waals surface area contributed by atoms with Gasteiger partial charge in [-0.05, 0) is 89.9 Å². The quantitative estimate of drug-likeness (QED) is 0.0199. The van der Waals surface area contributed by atoms with Crippen LogP contribution < -0.4 is 0 Å². The van der Waals surface area contributed by atoms with E-state index in [0.29, 0.717) is 19.3 Å². The maximum absolute atomic E-state index is 12.8. The second-order valence-electron chi connectivity index (χ2n) is 17.2. The average Bonchev–Trinajstić information content (AvgIpc) is 3.28. The summed E-state index contributed by atoms with van der Waals surface area (Å²) >= 11 is 0. The normalized spacial score (nSPS) is 12.7. The Hall–Kier alpha value is -3.41. The molecule has 1 unspecified atom stereocenters. The van der Waals surface area contributed by atoms with E-state index in [1.54, 1.807) is 0 Å². The van der Waals surface area contributed by atoms with E-state index in [4.69, 9.17) is 14.2 Å². The molecule has 0 aliphatic heterocycles. The van der Waals surface area contributed by atoms with E-state index in [9.17, 15) is 14.4 Å². The van der Waals surface area contributed by atoms with Crippen molar-refractivity contribution < 1.29 is 28.6 Å². The first-order chi connectivity index (χ1) is 31.0. The van der Waals surface area contributed by atoms with Crippen LogP contribution in [-0.2, 0) is 28.6 Å². The summed E-state index contributed by atoms with van der Waals surface area (Å²) in [5, 5.41) is 0. The van der Waals surface area contributed by atoms with Crippen molar-refractivity contribution in [3.8, 4) is 0 Å². The van der Waals surface area contributed by atoms with Crippen molar-refractivity contribution in [1.82, 2.24) is 0 Å². The predicted molar refractivity (Wildman–Crippen MR) is 270 cm³/mol. The predicted octanol–water partition coefficient (Wildman–Crippen LogP) is 17.2. The van der Waals surface area contributed by atoms with Gasteiger partial charge in [-0.15, -0.1) is 0 Å². The van der Waals surface area contributed by atoms with Gasteiger partial charge in [0.25, 0.3) is 0 Å². The van der Waals surface area contributed by atoms with Gasteiger partial charge < -0.3 is 14.2 Å². The Bertz CT molecular complexity index is 1240. The van der Waals surface area contributed by atoms with E-state index in [2.05, 4.69) is 99.8 Å². The van der Waals surface area contributed by atoms with Crippen molar-refractivity contribution in [2.24, 2.45) is 0 Å². The number of unbranched alkanes of at least 4 members (excludes halogenated alkanes) is 24. The first-order valence-corrected chi connectivity index (χ1v) is 26.1. The molecule has 0 aliphatic rings. The molecule has 0 aliphatic carbocycles. The molecular weight excluding hydrogens is 781 g/mol. The summed E-state index contributed by atoms with van der Waals surface area (Å²) in [6, 6.07) is 0. The highest BCUT2D eigenvalue weighted by molar-refractivity contribution is 5.71. The second-order valence-corrected chi connectivity index (χ2v) is 17.2. The maximum atomic E-state index is 12.8. The molecular formula is C57H96O6. The number of carbonyl (C=O) groups is 3. The molecule has 0 N–H and O–H groups in total. The summed E-state index contributed by atoms with van der Waals surface area (Å²) in [7, 11) is 0. The van der Waals surface area contributed by atoms with Gasteiger partial charge >= 0.3 is 17.9 Å². The molecule has 63 heavy (non-hydrogen) atoms. The van der Waals surface area contributed by atoms with Gasteiger partial charge in [0.05, 0.1) is 0 Å². The molecule has 0 aromatic heterocycles. The zero-order valence-electron chi connectivity index (χ0n) is 41.1. The lowest BCUT2D eigenvalue weighted by molar-refractivity contribution is -0.166. The Morgan fingerprint density at radius 3 is 1.17 bits per heavy atom. The fourth-order valence-corrected chi connectivity index (χ4v) is 6.97. The molecule has 0 bridgehead atoms. The molecule has 6 nitrogen and oxygen atoms in total. The fourth-order valence-electron chi connectivity index (χ4n) is 6.97. The van der Waals surface area contributed by atoms with Crippen molar-refractivity contribution in [2.75, 3.05) is 13.2 Å². The Labute approximate surface area is 388 Å². The third kappa shape index (κ3) is 49.5. The Balaban J connectivity index is 4.51. The minimum atomic E-state index is -0.816. The topological polar surface area (TPSA) is 78.9 Å². The Morgan fingerprint density at radius 2 is 0.667 bits per heavy atom. The maximum Gasteiger partial charge on any atom is 0.306 e. The highest BCUT2D eigenvalue weighted by Gasteiger charge is 2.19. The van der Waals surface area contributed by atoms with E-state index in [-0.39, 0.29) is 37.5 Å². The van der Waals surface area contributed by atoms with Crippen LogP contribution in [-0.4, -0.2) is 37.2 Å². The van der Waals surface area contributed by atoms with Crippen molar-refractivity contribution >= 4 is 17.9 Å². The summed E-state index contributed by atoms with van der Waals surface area (Å²) in [4.78, 5) is 37.9. The van der Waals surface area contributed by atoms with Crippen LogP contribution >= 0.6 is 0 Å². The monoisotopic (exact) mass is 877 g/mol. The van der Waals surface area contributed by atoms with Crippen LogP contribution in [0.2, 0.25) is 0 Å². The molecule has 0 radical (unpaired) electrons. The highest BCUT2D eigenvalue weighted by atomic mass is 16.6. The SMILES string of the molecule is CCCCC\C=C/C=C\C=C/C=C\CCCCCCCC(=O)OCC(COC(=O)CC/C=C\C/C=C\CCCCCCCC)OC(=O)CCCCC/C=C\CCCCCCCCC. The van der Waals surface area contributed by atoms with Gasteiger partial charge in [0.2, 0.25) is 0 Å². The fraction of sp³-hybridized carbons (Fsp3) is 0.702. The number of hydrogen-bond donors (Lipinski definition) is 0. The lowest BCUT2D eigenvalue weighted by Crippen LogP contribution is -2.30. The minimum absolute atomic E-state index is 0.112. The zero-order valence-corrected chi connectivity index (χ0v) is 41.1. The summed E-state index contributed by atoms with van der Waals surface area (Å²) in [5.41, 5.74) is 0. The molecule has 0 aromatic rings. The smallest absolute Gasteiger partial charge is 0.306 e. The summed E-state index contributed by atoms with van der Waals surface area (Å²) in [5.74, 6) is -1.02. The van der Waals surface area contributed by atoms with Gasteiger partial charge in [-0.25, -0.2) is 0 Å². The lowest BCUT2D eigenvalue weighted by atomic mass is 10.1. The number of carbonyl (C=O) groups excluding carboxylic acids is 3. The molecule has 0 saturated heterocycles. The van der Waals surface area contributed by atoms with E-state index in [1.807, 2.05) is 6.08 Å². The van der Waals surface area contributed by atoms with E-state index in [0.717, 1.165) is 89.9 Å².